The van der Waals surface area contributed by atoms with E-state index in [4.69, 9.17) is 0 Å². The van der Waals surface area contributed by atoms with Crippen LogP contribution in [0.5, 0.6) is 0 Å². The Balaban J connectivity index is 0.000000225. The fourth-order valence-electron chi connectivity index (χ4n) is 0.726. The van der Waals surface area contributed by atoms with Crippen molar-refractivity contribution in [1.82, 2.24) is 11.6 Å². The summed E-state index contributed by atoms with van der Waals surface area (Å²) >= 11 is 0. The molecule has 0 aliphatic heterocycles. The van der Waals surface area contributed by atoms with E-state index >= 15 is 0 Å². The average molecular weight is 203 g/mol. The summed E-state index contributed by atoms with van der Waals surface area (Å²) in [5.74, 6) is 2.84. The topological polar surface area (TPSA) is 90.1 Å². The molecule has 0 spiro atoms. The largest absolute Gasteiger partial charge is 0.344 e. The highest BCUT2D eigenvalue weighted by molar-refractivity contribution is 5.78. The van der Waals surface area contributed by atoms with Crippen LogP contribution in [0.25, 0.3) is 0 Å². The Hall–Kier alpha value is -1.53. The van der Waals surface area contributed by atoms with Crippen LogP contribution in [0.2, 0.25) is 0 Å². The van der Waals surface area contributed by atoms with E-state index in [2.05, 4.69) is 30.1 Å². The van der Waals surface area contributed by atoms with Crippen LogP contribution < -0.4 is 17.4 Å². The summed E-state index contributed by atoms with van der Waals surface area (Å²) in [5, 5.41) is 2.85. The van der Waals surface area contributed by atoms with Crippen molar-refractivity contribution in [2.75, 3.05) is 0 Å². The quantitative estimate of drug-likeness (QED) is 0.362. The van der Waals surface area contributed by atoms with E-state index in [1.54, 1.807) is 0 Å². The summed E-state index contributed by atoms with van der Waals surface area (Å²) in [7, 11) is 0. The molecule has 0 saturated heterocycles. The minimum Gasteiger partial charge on any atom is -0.344 e. The first-order chi connectivity index (χ1) is 6.15. The van der Waals surface area contributed by atoms with Gasteiger partial charge in [0.05, 0.1) is 0 Å². The van der Waals surface area contributed by atoms with E-state index in [-0.39, 0.29) is 6.15 Å². The molecule has 78 valence electrons. The van der Waals surface area contributed by atoms with E-state index in [1.807, 2.05) is 0 Å². The molecule has 0 bridgehead atoms. The predicted octanol–water partition coefficient (Wildman–Crippen LogP) is 0.690. The monoisotopic (exact) mass is 203 g/mol. The minimum absolute atomic E-state index is 0. The molecular weight excluding hydrogens is 192 g/mol. The van der Waals surface area contributed by atoms with Gasteiger partial charge >= 0.3 is 12.3 Å². The van der Waals surface area contributed by atoms with Crippen LogP contribution in [0.15, 0.2) is 24.3 Å². The number of nitrogens with one attached hydrogen (secondary N) is 1. The predicted molar refractivity (Wildman–Crippen MR) is 47.5 cm³/mol. The number of rotatable bonds is 1. The third-order valence-corrected chi connectivity index (χ3v) is 1.56. The molecule has 0 atom stereocenters. The molecule has 2 aliphatic carbocycles. The van der Waals surface area contributed by atoms with Crippen LogP contribution in [0.4, 0.5) is 8.78 Å². The molecule has 0 aromatic heterocycles. The molecule has 0 fully saturated rings. The molecule has 0 heterocycles. The van der Waals surface area contributed by atoms with E-state index in [0.29, 0.717) is 0 Å². The van der Waals surface area contributed by atoms with Crippen LogP contribution in [-0.4, -0.2) is 12.3 Å². The Morgan fingerprint density at radius 3 is 1.57 bits per heavy atom. The van der Waals surface area contributed by atoms with Crippen molar-refractivity contribution in [3.8, 4) is 0 Å². The Labute approximate surface area is 79.0 Å². The fourth-order valence-corrected chi connectivity index (χ4v) is 0.726. The van der Waals surface area contributed by atoms with E-state index in [0.717, 1.165) is 0 Å². The summed E-state index contributed by atoms with van der Waals surface area (Å²) in [6.07, 6.45) is -3.01. The molecule has 1 amide bonds. The van der Waals surface area contributed by atoms with Crippen LogP contribution >= 0.6 is 0 Å². The Kier molecular flexibility index (Phi) is 4.68. The van der Waals surface area contributed by atoms with E-state index in [9.17, 15) is 13.6 Å². The minimum atomic E-state index is -3.01. The van der Waals surface area contributed by atoms with Gasteiger partial charge in [0, 0.05) is 0 Å². The molecular formula is C8H11F2N3O. The highest BCUT2D eigenvalue weighted by Crippen LogP contribution is 2.04. The molecule has 0 aromatic rings. The van der Waals surface area contributed by atoms with Crippen LogP contribution in [0.3, 0.4) is 0 Å². The molecule has 0 unspecified atom stereocenters. The summed E-state index contributed by atoms with van der Waals surface area (Å²) in [6, 6.07) is 8.48. The van der Waals surface area contributed by atoms with E-state index in [1.165, 1.54) is 15.9 Å². The SMILES string of the molecule is N.NNC(=O)C(F)F.c1cc2ccc1=2. The molecule has 14 heavy (non-hydrogen) atoms. The highest BCUT2D eigenvalue weighted by atomic mass is 19.3. The molecule has 2 aliphatic rings. The standard InChI is InChI=1S/C6H4.C2H4F2N2O.H3N/c1-2-6-4-3-5(1)6;3-1(4)2(7)6-5;/h1-4H;1H,5H2,(H,6,7);1H3. The number of amides is 1. The van der Waals surface area contributed by atoms with Gasteiger partial charge in [0.1, 0.15) is 0 Å². The first-order valence-electron chi connectivity index (χ1n) is 3.54. The van der Waals surface area contributed by atoms with Crippen molar-refractivity contribution >= 4 is 5.91 Å². The third kappa shape index (κ3) is 2.75. The zero-order valence-electron chi connectivity index (χ0n) is 7.34. The Bertz CT molecular complexity index is 344. The molecule has 0 aromatic carbocycles. The summed E-state index contributed by atoms with van der Waals surface area (Å²) < 4.78 is 21.9. The number of hydrazine groups is 1. The zero-order chi connectivity index (χ0) is 9.84. The molecule has 0 radical (unpaired) electrons. The maximum absolute atomic E-state index is 10.9. The van der Waals surface area contributed by atoms with E-state index < -0.39 is 12.3 Å². The number of hydrogen-bond donors (Lipinski definition) is 3. The number of carbonyl (C=O) groups excluding carboxylic acids is 1. The molecule has 6 heteroatoms. The number of benzene rings is 1. The first kappa shape index (κ1) is 12.5. The maximum atomic E-state index is 10.9. The number of carbonyl (C=O) groups is 1. The molecule has 6 N–H and O–H groups in total. The molecule has 2 rings (SSSR count). The van der Waals surface area contributed by atoms with Crippen molar-refractivity contribution in [2.45, 2.75) is 6.43 Å². The Morgan fingerprint density at radius 2 is 1.57 bits per heavy atom. The summed E-state index contributed by atoms with van der Waals surface area (Å²) in [4.78, 5) is 9.53. The van der Waals surface area contributed by atoms with Crippen LogP contribution in [-0.2, 0) is 4.79 Å². The van der Waals surface area contributed by atoms with Crippen molar-refractivity contribution < 1.29 is 13.6 Å². The van der Waals surface area contributed by atoms with Crippen molar-refractivity contribution in [1.29, 1.82) is 0 Å². The normalized spacial score (nSPS) is 9.43. The maximum Gasteiger partial charge on any atom is 0.316 e. The molecule has 0 saturated carbocycles. The van der Waals surface area contributed by atoms with Crippen LogP contribution in [0.1, 0.15) is 0 Å². The second-order valence-corrected chi connectivity index (χ2v) is 2.39. The van der Waals surface area contributed by atoms with Crippen molar-refractivity contribution in [3.63, 3.8) is 0 Å². The molecule has 4 nitrogen and oxygen atoms in total. The smallest absolute Gasteiger partial charge is 0.316 e. The summed E-state index contributed by atoms with van der Waals surface area (Å²) in [6.45, 7) is 0. The van der Waals surface area contributed by atoms with Gasteiger partial charge in [-0.25, -0.2) is 5.84 Å². The number of nitrogens with two attached hydrogens (primary N) is 1. The van der Waals surface area contributed by atoms with Gasteiger partial charge in [-0.15, -0.1) is 0 Å². The van der Waals surface area contributed by atoms with Crippen LogP contribution in [0, 0.1) is 10.4 Å². The highest BCUT2D eigenvalue weighted by Gasteiger charge is 2.11. The lowest BCUT2D eigenvalue weighted by Crippen LogP contribution is -2.34. The lowest BCUT2D eigenvalue weighted by molar-refractivity contribution is -0.131. The second-order valence-electron chi connectivity index (χ2n) is 2.39. The number of hydrogen-bond acceptors (Lipinski definition) is 3. The van der Waals surface area contributed by atoms with Gasteiger partial charge in [0.2, 0.25) is 0 Å². The first-order valence-corrected chi connectivity index (χ1v) is 3.54. The van der Waals surface area contributed by atoms with Gasteiger partial charge in [-0.1, -0.05) is 24.3 Å². The van der Waals surface area contributed by atoms with Gasteiger partial charge < -0.3 is 6.15 Å². The van der Waals surface area contributed by atoms with Gasteiger partial charge in [-0.05, 0) is 10.4 Å². The van der Waals surface area contributed by atoms with Crippen molar-refractivity contribution in [3.05, 3.63) is 34.7 Å². The zero-order valence-corrected chi connectivity index (χ0v) is 7.34. The van der Waals surface area contributed by atoms with Gasteiger partial charge in [-0.2, -0.15) is 8.78 Å². The van der Waals surface area contributed by atoms with Gasteiger partial charge in [-0.3, -0.25) is 10.2 Å². The third-order valence-electron chi connectivity index (χ3n) is 1.56. The van der Waals surface area contributed by atoms with Gasteiger partial charge in [0.25, 0.3) is 0 Å². The number of alkyl halides is 2. The fraction of sp³-hybridized carbons (Fsp3) is 0.125. The second kappa shape index (κ2) is 5.25. The average Bonchev–Trinajstić information content (AvgIpc) is 2.10. The lowest BCUT2D eigenvalue weighted by atomic mass is 10.1. The van der Waals surface area contributed by atoms with Crippen molar-refractivity contribution in [2.24, 2.45) is 5.84 Å². The van der Waals surface area contributed by atoms with Gasteiger partial charge in [0.15, 0.2) is 0 Å². The summed E-state index contributed by atoms with van der Waals surface area (Å²) in [5.41, 5.74) is 1.28. The Morgan fingerprint density at radius 1 is 1.21 bits per heavy atom. The number of halogens is 2. The lowest BCUT2D eigenvalue weighted by Gasteiger charge is -1.95.